The Balaban J connectivity index is 1.77. The normalized spacial score (nSPS) is 19.1. The fourth-order valence-corrected chi connectivity index (χ4v) is 2.44. The van der Waals surface area contributed by atoms with E-state index in [1.165, 1.54) is 6.33 Å². The van der Waals surface area contributed by atoms with Crippen LogP contribution in [-0.2, 0) is 9.39 Å². The van der Waals surface area contributed by atoms with Crippen molar-refractivity contribution in [3.63, 3.8) is 0 Å². The van der Waals surface area contributed by atoms with Gasteiger partial charge in [-0.2, -0.15) is 0 Å². The van der Waals surface area contributed by atoms with E-state index in [1.54, 1.807) is 7.11 Å². The fourth-order valence-electron chi connectivity index (χ4n) is 2.44. The molecule has 9 nitrogen and oxygen atoms in total. The van der Waals surface area contributed by atoms with Crippen molar-refractivity contribution in [3.8, 4) is 0 Å². The molecule has 112 valence electrons. The number of H-pyrrole nitrogens is 2. The first-order valence-electron chi connectivity index (χ1n) is 6.77. The predicted octanol–water partition coefficient (Wildman–Crippen LogP) is -1.65. The maximum Gasteiger partial charge on any atom is 0.360 e. The van der Waals surface area contributed by atoms with Crippen LogP contribution in [-0.4, -0.2) is 67.0 Å². The standard InChI is InChI=1S/C11H17BN6O3/c1-20-12-15-4-7-5-18(2-3-21-7)10-8-9(13-6-14-10)17-11(19)16-8/h6-7,12,15H,2-5H2,1H3,(H2,13,14,16,17,19). The molecule has 1 saturated heterocycles. The molecule has 2 aromatic rings. The Hall–Kier alpha value is -1.91. The highest BCUT2D eigenvalue weighted by atomic mass is 16.5. The molecule has 1 unspecified atom stereocenters. The van der Waals surface area contributed by atoms with E-state index in [-0.39, 0.29) is 11.8 Å². The third-order valence-corrected chi connectivity index (χ3v) is 3.35. The van der Waals surface area contributed by atoms with Gasteiger partial charge in [0.15, 0.2) is 11.5 Å². The van der Waals surface area contributed by atoms with Crippen LogP contribution in [0.2, 0.25) is 0 Å². The average molecular weight is 292 g/mol. The minimum absolute atomic E-state index is 0.0459. The van der Waals surface area contributed by atoms with Gasteiger partial charge in [-0.05, 0) is 0 Å². The number of nitrogens with zero attached hydrogens (tertiary/aromatic N) is 3. The van der Waals surface area contributed by atoms with Crippen molar-refractivity contribution in [2.45, 2.75) is 6.10 Å². The molecule has 1 fully saturated rings. The first-order chi connectivity index (χ1) is 10.3. The van der Waals surface area contributed by atoms with Crippen molar-refractivity contribution in [3.05, 3.63) is 16.8 Å². The summed E-state index contributed by atoms with van der Waals surface area (Å²) in [6.45, 7) is 2.72. The number of aromatic amines is 2. The molecule has 3 N–H and O–H groups in total. The highest BCUT2D eigenvalue weighted by Crippen LogP contribution is 2.20. The summed E-state index contributed by atoms with van der Waals surface area (Å²) in [5, 5.41) is 3.15. The maximum atomic E-state index is 11.4. The number of aromatic nitrogens is 4. The zero-order valence-electron chi connectivity index (χ0n) is 11.8. The molecule has 0 amide bonds. The summed E-state index contributed by atoms with van der Waals surface area (Å²) in [4.78, 5) is 27.2. The molecule has 1 atom stereocenters. The molecule has 1 aliphatic heterocycles. The van der Waals surface area contributed by atoms with Gasteiger partial charge in [0.05, 0.1) is 12.7 Å². The van der Waals surface area contributed by atoms with Crippen LogP contribution in [0.5, 0.6) is 0 Å². The Morgan fingerprint density at radius 1 is 1.57 bits per heavy atom. The molecule has 0 aromatic carbocycles. The molecule has 0 aliphatic carbocycles. The summed E-state index contributed by atoms with van der Waals surface area (Å²) in [6, 6.07) is 0. The van der Waals surface area contributed by atoms with Gasteiger partial charge in [-0.1, -0.05) is 0 Å². The molecule has 3 heterocycles. The molecule has 0 bridgehead atoms. The van der Waals surface area contributed by atoms with Gasteiger partial charge in [0.1, 0.15) is 11.8 Å². The summed E-state index contributed by atoms with van der Waals surface area (Å²) in [5.41, 5.74) is 0.872. The predicted molar refractivity (Wildman–Crippen MR) is 78.6 cm³/mol. The molecule has 0 radical (unpaired) electrons. The zero-order valence-corrected chi connectivity index (χ0v) is 11.8. The third kappa shape index (κ3) is 3.07. The number of fused-ring (bicyclic) bond motifs is 1. The van der Waals surface area contributed by atoms with Gasteiger partial charge in [0.25, 0.3) is 0 Å². The van der Waals surface area contributed by atoms with E-state index in [0.717, 1.165) is 12.4 Å². The number of anilines is 1. The first-order valence-corrected chi connectivity index (χ1v) is 6.77. The van der Waals surface area contributed by atoms with E-state index in [0.29, 0.717) is 38.5 Å². The van der Waals surface area contributed by atoms with E-state index in [4.69, 9.17) is 9.39 Å². The number of ether oxygens (including phenoxy) is 1. The summed E-state index contributed by atoms with van der Waals surface area (Å²) < 4.78 is 10.7. The van der Waals surface area contributed by atoms with Crippen molar-refractivity contribution >= 4 is 24.6 Å². The van der Waals surface area contributed by atoms with Gasteiger partial charge < -0.3 is 24.5 Å². The van der Waals surface area contributed by atoms with E-state index >= 15 is 0 Å². The van der Waals surface area contributed by atoms with Gasteiger partial charge >= 0.3 is 13.3 Å². The van der Waals surface area contributed by atoms with Crippen LogP contribution in [0, 0.1) is 0 Å². The molecule has 2 aromatic heterocycles. The van der Waals surface area contributed by atoms with Crippen molar-refractivity contribution in [2.75, 3.05) is 38.3 Å². The van der Waals surface area contributed by atoms with Crippen LogP contribution in [0.3, 0.4) is 0 Å². The van der Waals surface area contributed by atoms with Gasteiger partial charge in [0, 0.05) is 26.7 Å². The second kappa shape index (κ2) is 6.25. The Bertz CT molecular complexity index is 659. The SMILES string of the molecule is COBNCC1CN(c2ncnc3[nH]c(=O)[nH]c23)CCO1. The zero-order chi connectivity index (χ0) is 14.7. The number of nitrogens with one attached hydrogen (secondary N) is 3. The van der Waals surface area contributed by atoms with Crippen LogP contribution < -0.4 is 15.8 Å². The Morgan fingerprint density at radius 3 is 3.33 bits per heavy atom. The summed E-state index contributed by atoms with van der Waals surface area (Å²) in [6.07, 6.45) is 1.50. The minimum Gasteiger partial charge on any atom is -0.427 e. The van der Waals surface area contributed by atoms with E-state index in [2.05, 4.69) is 30.1 Å². The molecule has 3 rings (SSSR count). The van der Waals surface area contributed by atoms with Gasteiger partial charge in [-0.3, -0.25) is 4.98 Å². The van der Waals surface area contributed by atoms with Gasteiger partial charge in [-0.25, -0.2) is 14.8 Å². The third-order valence-electron chi connectivity index (χ3n) is 3.35. The lowest BCUT2D eigenvalue weighted by Gasteiger charge is -2.33. The first kappa shape index (κ1) is 14.0. The van der Waals surface area contributed by atoms with Crippen LogP contribution in [0.15, 0.2) is 11.1 Å². The second-order valence-corrected chi connectivity index (χ2v) is 4.83. The fraction of sp³-hybridized carbons (Fsp3) is 0.545. The van der Waals surface area contributed by atoms with Gasteiger partial charge in [0.2, 0.25) is 0 Å². The quantitative estimate of drug-likeness (QED) is 0.448. The molecular formula is C11H17BN6O3. The largest absolute Gasteiger partial charge is 0.427 e. The lowest BCUT2D eigenvalue weighted by atomic mass is 10.2. The summed E-state index contributed by atoms with van der Waals surface area (Å²) >= 11 is 0. The highest BCUT2D eigenvalue weighted by Gasteiger charge is 2.23. The average Bonchev–Trinajstić information content (AvgIpc) is 2.88. The van der Waals surface area contributed by atoms with E-state index in [1.807, 2.05) is 0 Å². The van der Waals surface area contributed by atoms with E-state index < -0.39 is 0 Å². The van der Waals surface area contributed by atoms with Gasteiger partial charge in [-0.15, -0.1) is 0 Å². The molecule has 1 aliphatic rings. The lowest BCUT2D eigenvalue weighted by Crippen LogP contribution is -2.47. The Kier molecular flexibility index (Phi) is 4.18. The van der Waals surface area contributed by atoms with E-state index in [9.17, 15) is 4.79 Å². The Morgan fingerprint density at radius 2 is 2.48 bits per heavy atom. The number of morpholine rings is 1. The number of imidazole rings is 1. The van der Waals surface area contributed by atoms with Crippen molar-refractivity contribution in [1.82, 2.24) is 25.2 Å². The van der Waals surface area contributed by atoms with Crippen molar-refractivity contribution < 1.29 is 9.39 Å². The smallest absolute Gasteiger partial charge is 0.360 e. The van der Waals surface area contributed by atoms with Crippen LogP contribution in [0.4, 0.5) is 5.82 Å². The second-order valence-electron chi connectivity index (χ2n) is 4.83. The van der Waals surface area contributed by atoms with Crippen molar-refractivity contribution in [1.29, 1.82) is 0 Å². The number of hydrogen-bond acceptors (Lipinski definition) is 7. The molecule has 0 saturated carbocycles. The monoisotopic (exact) mass is 292 g/mol. The molecule has 0 spiro atoms. The maximum absolute atomic E-state index is 11.4. The summed E-state index contributed by atoms with van der Waals surface area (Å²) in [7, 11) is 2.13. The number of rotatable bonds is 5. The van der Waals surface area contributed by atoms with Crippen LogP contribution >= 0.6 is 0 Å². The summed E-state index contributed by atoms with van der Waals surface area (Å²) in [5.74, 6) is 0.721. The minimum atomic E-state index is -0.279. The lowest BCUT2D eigenvalue weighted by molar-refractivity contribution is 0.0435. The van der Waals surface area contributed by atoms with Crippen molar-refractivity contribution in [2.24, 2.45) is 0 Å². The van der Waals surface area contributed by atoms with Crippen LogP contribution in [0.1, 0.15) is 0 Å². The highest BCUT2D eigenvalue weighted by molar-refractivity contribution is 6.23. The van der Waals surface area contributed by atoms with Crippen LogP contribution in [0.25, 0.3) is 11.2 Å². The molecule has 21 heavy (non-hydrogen) atoms. The molecule has 10 heteroatoms. The Labute approximate surface area is 121 Å². The topological polar surface area (TPSA) is 108 Å². The molecular weight excluding hydrogens is 275 g/mol. The number of hydrogen-bond donors (Lipinski definition) is 3.